The smallest absolute Gasteiger partial charge is 0.270 e. The van der Waals surface area contributed by atoms with Crippen molar-refractivity contribution in [3.63, 3.8) is 0 Å². The fraction of sp³-hybridized carbons (Fsp3) is 0. The molecule has 2 amide bonds. The maximum atomic E-state index is 13.0. The van der Waals surface area contributed by atoms with E-state index in [1.165, 1.54) is 4.90 Å². The van der Waals surface area contributed by atoms with Crippen LogP contribution >= 0.6 is 35.4 Å². The SMILES string of the molecule is O=C1NC(=S)N(c2ccc(Cl)cc2)C(=O)C1=Cc1ccc(-c2cccc(Cl)c2)cc1. The molecule has 1 heterocycles. The zero-order valence-electron chi connectivity index (χ0n) is 15.4. The second-order valence-electron chi connectivity index (χ2n) is 6.57. The summed E-state index contributed by atoms with van der Waals surface area (Å²) < 4.78 is 0. The number of halogens is 2. The summed E-state index contributed by atoms with van der Waals surface area (Å²) in [7, 11) is 0. The molecule has 4 nitrogen and oxygen atoms in total. The van der Waals surface area contributed by atoms with E-state index in [1.807, 2.05) is 48.5 Å². The lowest BCUT2D eigenvalue weighted by Crippen LogP contribution is -2.54. The summed E-state index contributed by atoms with van der Waals surface area (Å²) in [4.78, 5) is 26.7. The van der Waals surface area contributed by atoms with Crippen LogP contribution < -0.4 is 10.2 Å². The van der Waals surface area contributed by atoms with Gasteiger partial charge in [0, 0.05) is 10.0 Å². The second kappa shape index (κ2) is 8.40. The van der Waals surface area contributed by atoms with Gasteiger partial charge in [0.1, 0.15) is 5.57 Å². The number of nitrogens with one attached hydrogen (secondary N) is 1. The van der Waals surface area contributed by atoms with Gasteiger partial charge in [-0.2, -0.15) is 0 Å². The number of hydrogen-bond acceptors (Lipinski definition) is 3. The van der Waals surface area contributed by atoms with Gasteiger partial charge < -0.3 is 0 Å². The first-order chi connectivity index (χ1) is 14.4. The van der Waals surface area contributed by atoms with Crippen LogP contribution in [-0.2, 0) is 9.59 Å². The minimum atomic E-state index is -0.533. The Balaban J connectivity index is 1.64. The summed E-state index contributed by atoms with van der Waals surface area (Å²) in [6.07, 6.45) is 1.55. The van der Waals surface area contributed by atoms with Crippen LogP contribution in [0.4, 0.5) is 5.69 Å². The highest BCUT2D eigenvalue weighted by Gasteiger charge is 2.34. The molecule has 30 heavy (non-hydrogen) atoms. The van der Waals surface area contributed by atoms with Crippen molar-refractivity contribution in [2.24, 2.45) is 0 Å². The van der Waals surface area contributed by atoms with Gasteiger partial charge in [-0.1, -0.05) is 59.6 Å². The molecule has 1 fully saturated rings. The number of carbonyl (C=O) groups excluding carboxylic acids is 2. The number of rotatable bonds is 3. The second-order valence-corrected chi connectivity index (χ2v) is 7.83. The number of amides is 2. The Hall–Kier alpha value is -2.99. The van der Waals surface area contributed by atoms with Crippen LogP contribution in [-0.4, -0.2) is 16.9 Å². The van der Waals surface area contributed by atoms with Crippen molar-refractivity contribution in [3.05, 3.63) is 94.0 Å². The van der Waals surface area contributed by atoms with E-state index in [0.717, 1.165) is 11.1 Å². The molecule has 0 aromatic heterocycles. The maximum absolute atomic E-state index is 13.0. The third-order valence-electron chi connectivity index (χ3n) is 4.57. The van der Waals surface area contributed by atoms with Crippen molar-refractivity contribution >= 4 is 64.1 Å². The van der Waals surface area contributed by atoms with Crippen molar-refractivity contribution < 1.29 is 9.59 Å². The molecule has 0 spiro atoms. The van der Waals surface area contributed by atoms with E-state index in [2.05, 4.69) is 5.32 Å². The van der Waals surface area contributed by atoms with Gasteiger partial charge in [-0.15, -0.1) is 0 Å². The number of anilines is 1. The van der Waals surface area contributed by atoms with E-state index in [0.29, 0.717) is 21.3 Å². The predicted molar refractivity (Wildman–Crippen MR) is 125 cm³/mol. The molecule has 7 heteroatoms. The molecule has 4 rings (SSSR count). The molecule has 0 atom stereocenters. The van der Waals surface area contributed by atoms with Crippen molar-refractivity contribution in [2.45, 2.75) is 0 Å². The van der Waals surface area contributed by atoms with Crippen LogP contribution in [0.1, 0.15) is 5.56 Å². The highest BCUT2D eigenvalue weighted by Crippen LogP contribution is 2.26. The first kappa shape index (κ1) is 20.3. The van der Waals surface area contributed by atoms with Gasteiger partial charge in [-0.3, -0.25) is 19.8 Å². The van der Waals surface area contributed by atoms with Gasteiger partial charge in [0.05, 0.1) is 5.69 Å². The maximum Gasteiger partial charge on any atom is 0.270 e. The lowest BCUT2D eigenvalue weighted by Gasteiger charge is -2.28. The normalized spacial score (nSPS) is 15.5. The van der Waals surface area contributed by atoms with Crippen LogP contribution in [0.2, 0.25) is 10.0 Å². The summed E-state index contributed by atoms with van der Waals surface area (Å²) >= 11 is 17.2. The molecule has 0 bridgehead atoms. The number of hydrogen-bond donors (Lipinski definition) is 1. The van der Waals surface area contributed by atoms with Crippen LogP contribution in [0.25, 0.3) is 17.2 Å². The molecule has 1 aliphatic heterocycles. The Morgan fingerprint density at radius 3 is 2.20 bits per heavy atom. The van der Waals surface area contributed by atoms with Crippen LogP contribution in [0, 0.1) is 0 Å². The van der Waals surface area contributed by atoms with Crippen molar-refractivity contribution in [1.29, 1.82) is 0 Å². The topological polar surface area (TPSA) is 49.4 Å². The molecule has 0 aliphatic carbocycles. The quantitative estimate of drug-likeness (QED) is 0.324. The highest BCUT2D eigenvalue weighted by molar-refractivity contribution is 7.80. The van der Waals surface area contributed by atoms with Crippen molar-refractivity contribution in [2.75, 3.05) is 4.90 Å². The predicted octanol–water partition coefficient (Wildman–Crippen LogP) is 5.49. The van der Waals surface area contributed by atoms with Gasteiger partial charge in [0.15, 0.2) is 5.11 Å². The third kappa shape index (κ3) is 4.14. The summed E-state index contributed by atoms with van der Waals surface area (Å²) in [6.45, 7) is 0. The van der Waals surface area contributed by atoms with E-state index in [-0.39, 0.29) is 10.7 Å². The molecule has 148 valence electrons. The van der Waals surface area contributed by atoms with E-state index in [1.54, 1.807) is 30.3 Å². The van der Waals surface area contributed by atoms with Crippen molar-refractivity contribution in [3.8, 4) is 11.1 Å². The molecule has 3 aromatic carbocycles. The largest absolute Gasteiger partial charge is 0.298 e. The lowest BCUT2D eigenvalue weighted by atomic mass is 10.0. The zero-order valence-corrected chi connectivity index (χ0v) is 17.8. The fourth-order valence-corrected chi connectivity index (χ4v) is 3.69. The average molecular weight is 453 g/mol. The number of carbonyl (C=O) groups is 2. The van der Waals surface area contributed by atoms with Gasteiger partial charge in [0.2, 0.25) is 0 Å². The fourth-order valence-electron chi connectivity index (χ4n) is 3.09. The minimum Gasteiger partial charge on any atom is -0.298 e. The summed E-state index contributed by atoms with van der Waals surface area (Å²) in [5.74, 6) is -1.03. The van der Waals surface area contributed by atoms with E-state index in [4.69, 9.17) is 35.4 Å². The first-order valence-electron chi connectivity index (χ1n) is 8.95. The third-order valence-corrected chi connectivity index (χ3v) is 5.34. The summed E-state index contributed by atoms with van der Waals surface area (Å²) in [6, 6.07) is 21.7. The molecule has 0 saturated carbocycles. The van der Waals surface area contributed by atoms with E-state index in [9.17, 15) is 9.59 Å². The van der Waals surface area contributed by atoms with Gasteiger partial charge >= 0.3 is 0 Å². The zero-order chi connectivity index (χ0) is 21.3. The van der Waals surface area contributed by atoms with Gasteiger partial charge in [0.25, 0.3) is 11.8 Å². The van der Waals surface area contributed by atoms with E-state index >= 15 is 0 Å². The molecular formula is C23H14Cl2N2O2S. The number of nitrogens with zero attached hydrogens (tertiary/aromatic N) is 1. The Kier molecular flexibility index (Phi) is 5.68. The number of thiocarbonyl (C=S) groups is 1. The molecule has 0 radical (unpaired) electrons. The van der Waals surface area contributed by atoms with Gasteiger partial charge in [-0.05, 0) is 71.4 Å². The monoisotopic (exact) mass is 452 g/mol. The van der Waals surface area contributed by atoms with Crippen LogP contribution in [0.15, 0.2) is 78.4 Å². The Morgan fingerprint density at radius 2 is 1.53 bits per heavy atom. The highest BCUT2D eigenvalue weighted by atomic mass is 35.5. The molecule has 3 aromatic rings. The minimum absolute atomic E-state index is 0.00550. The molecular weight excluding hydrogens is 439 g/mol. The molecule has 0 unspecified atom stereocenters. The lowest BCUT2D eigenvalue weighted by molar-refractivity contribution is -0.122. The van der Waals surface area contributed by atoms with Gasteiger partial charge in [-0.25, -0.2) is 0 Å². The summed E-state index contributed by atoms with van der Waals surface area (Å²) in [5, 5.41) is 3.79. The standard InChI is InChI=1S/C23H14Cl2N2O2S/c24-17-8-10-19(11-9-17)27-22(29)20(21(28)26-23(27)30)12-14-4-6-15(7-5-14)16-2-1-3-18(25)13-16/h1-13H,(H,26,28,30). The first-order valence-corrected chi connectivity index (χ1v) is 10.1. The Morgan fingerprint density at radius 1 is 0.833 bits per heavy atom. The molecule has 1 aliphatic rings. The van der Waals surface area contributed by atoms with E-state index < -0.39 is 11.8 Å². The number of benzene rings is 3. The van der Waals surface area contributed by atoms with Crippen LogP contribution in [0.5, 0.6) is 0 Å². The average Bonchev–Trinajstić information content (AvgIpc) is 2.73. The Bertz CT molecular complexity index is 1190. The molecule has 1 saturated heterocycles. The van der Waals surface area contributed by atoms with Crippen molar-refractivity contribution in [1.82, 2.24) is 5.32 Å². The summed E-state index contributed by atoms with van der Waals surface area (Å²) in [5.41, 5.74) is 3.18. The Labute approximate surface area is 188 Å². The molecule has 1 N–H and O–H groups in total. The van der Waals surface area contributed by atoms with Crippen LogP contribution in [0.3, 0.4) is 0 Å².